The first-order chi connectivity index (χ1) is 6.82. The van der Waals surface area contributed by atoms with Crippen LogP contribution in [0.15, 0.2) is 0 Å². The number of carbonyl (C=O) groups excluding carboxylic acids is 2. The Hall–Kier alpha value is -1.22. The lowest BCUT2D eigenvalue weighted by Crippen LogP contribution is -2.53. The Morgan fingerprint density at radius 2 is 1.47 bits per heavy atom. The minimum Gasteiger partial charge on any atom is -0.387 e. The van der Waals surface area contributed by atoms with Crippen molar-refractivity contribution in [3.63, 3.8) is 0 Å². The van der Waals surface area contributed by atoms with Crippen molar-refractivity contribution in [3.8, 4) is 0 Å². The number of nitrogens with two attached hydrogens (primary N) is 1. The number of aliphatic hydroxyl groups is 4. The van der Waals surface area contributed by atoms with Crippen LogP contribution < -0.4 is 11.1 Å². The molecule has 0 spiro atoms. The zero-order chi connectivity index (χ0) is 12.2. The predicted octanol–water partition coefficient (Wildman–Crippen LogP) is -4.34. The topological polar surface area (TPSA) is 153 Å². The van der Waals surface area contributed by atoms with Gasteiger partial charge in [-0.3, -0.25) is 9.59 Å². The Balaban J connectivity index is 4.49. The number of aliphatic hydroxyl groups excluding tert-OH is 4. The van der Waals surface area contributed by atoms with Crippen molar-refractivity contribution in [2.45, 2.75) is 24.4 Å². The number of rotatable bonds is 5. The molecule has 0 aromatic carbocycles. The molecule has 0 aliphatic heterocycles. The van der Waals surface area contributed by atoms with E-state index in [1.165, 1.54) is 7.05 Å². The SMILES string of the molecule is CNC(=O)[C@H](O)[C@@H](O)[C@@H](O)[C@H](O)C(N)=O. The zero-order valence-electron chi connectivity index (χ0n) is 7.99. The Labute approximate surface area is 85.3 Å². The summed E-state index contributed by atoms with van der Waals surface area (Å²) in [6.07, 6.45) is -8.06. The number of carbonyl (C=O) groups is 2. The number of amides is 2. The van der Waals surface area contributed by atoms with E-state index in [0.29, 0.717) is 0 Å². The van der Waals surface area contributed by atoms with Crippen LogP contribution in [-0.2, 0) is 9.59 Å². The molecule has 15 heavy (non-hydrogen) atoms. The van der Waals surface area contributed by atoms with Crippen LogP contribution in [0.1, 0.15) is 0 Å². The molecule has 8 nitrogen and oxygen atoms in total. The normalized spacial score (nSPS) is 18.7. The highest BCUT2D eigenvalue weighted by Gasteiger charge is 2.36. The molecule has 0 unspecified atom stereocenters. The highest BCUT2D eigenvalue weighted by Crippen LogP contribution is 2.05. The molecule has 8 heteroatoms. The predicted molar refractivity (Wildman–Crippen MR) is 47.3 cm³/mol. The minimum atomic E-state index is -2.06. The highest BCUT2D eigenvalue weighted by atomic mass is 16.4. The van der Waals surface area contributed by atoms with E-state index in [4.69, 9.17) is 15.3 Å². The van der Waals surface area contributed by atoms with Gasteiger partial charge in [0.1, 0.15) is 12.2 Å². The summed E-state index contributed by atoms with van der Waals surface area (Å²) in [5.41, 5.74) is 4.64. The fourth-order valence-electron chi connectivity index (χ4n) is 0.845. The van der Waals surface area contributed by atoms with E-state index in [-0.39, 0.29) is 0 Å². The zero-order valence-corrected chi connectivity index (χ0v) is 7.99. The van der Waals surface area contributed by atoms with Gasteiger partial charge in [0.05, 0.1) is 0 Å². The summed E-state index contributed by atoms with van der Waals surface area (Å²) in [4.78, 5) is 21.2. The maximum absolute atomic E-state index is 10.8. The van der Waals surface area contributed by atoms with E-state index >= 15 is 0 Å². The third-order valence-electron chi connectivity index (χ3n) is 1.80. The smallest absolute Gasteiger partial charge is 0.251 e. The summed E-state index contributed by atoms with van der Waals surface area (Å²) in [5.74, 6) is -2.23. The van der Waals surface area contributed by atoms with Gasteiger partial charge >= 0.3 is 0 Å². The molecule has 88 valence electrons. The maximum atomic E-state index is 10.8. The lowest BCUT2D eigenvalue weighted by atomic mass is 10.0. The summed E-state index contributed by atoms with van der Waals surface area (Å²) in [7, 11) is 1.20. The quantitative estimate of drug-likeness (QED) is 0.276. The average molecular weight is 222 g/mol. The van der Waals surface area contributed by atoms with Crippen molar-refractivity contribution in [1.82, 2.24) is 5.32 Å². The molecule has 0 fully saturated rings. The first-order valence-corrected chi connectivity index (χ1v) is 4.06. The van der Waals surface area contributed by atoms with Gasteiger partial charge in [-0.1, -0.05) is 0 Å². The monoisotopic (exact) mass is 222 g/mol. The van der Waals surface area contributed by atoms with Gasteiger partial charge in [-0.15, -0.1) is 0 Å². The van der Waals surface area contributed by atoms with Crippen molar-refractivity contribution < 1.29 is 30.0 Å². The lowest BCUT2D eigenvalue weighted by molar-refractivity contribution is -0.153. The van der Waals surface area contributed by atoms with Gasteiger partial charge in [-0.25, -0.2) is 0 Å². The van der Waals surface area contributed by atoms with Crippen LogP contribution >= 0.6 is 0 Å². The number of nitrogens with one attached hydrogen (secondary N) is 1. The third kappa shape index (κ3) is 3.44. The average Bonchev–Trinajstić information content (AvgIpc) is 2.23. The fourth-order valence-corrected chi connectivity index (χ4v) is 0.845. The summed E-state index contributed by atoms with van der Waals surface area (Å²) in [6, 6.07) is 0. The number of hydrogen-bond acceptors (Lipinski definition) is 6. The van der Waals surface area contributed by atoms with Crippen LogP contribution in [0.25, 0.3) is 0 Å². The van der Waals surface area contributed by atoms with Crippen LogP contribution in [0, 0.1) is 0 Å². The summed E-state index contributed by atoms with van der Waals surface area (Å²) >= 11 is 0. The van der Waals surface area contributed by atoms with Crippen LogP contribution in [0.4, 0.5) is 0 Å². The largest absolute Gasteiger partial charge is 0.387 e. The Bertz CT molecular complexity index is 246. The van der Waals surface area contributed by atoms with Crippen molar-refractivity contribution in [2.24, 2.45) is 5.73 Å². The van der Waals surface area contributed by atoms with E-state index in [1.54, 1.807) is 0 Å². The number of hydrogen-bond donors (Lipinski definition) is 6. The van der Waals surface area contributed by atoms with E-state index in [2.05, 4.69) is 5.73 Å². The van der Waals surface area contributed by atoms with Gasteiger partial charge in [0.25, 0.3) is 5.91 Å². The number of likely N-dealkylation sites (N-methyl/N-ethyl adjacent to an activating group) is 1. The first-order valence-electron chi connectivity index (χ1n) is 4.06. The summed E-state index contributed by atoms with van der Waals surface area (Å²) in [6.45, 7) is 0. The van der Waals surface area contributed by atoms with Crippen molar-refractivity contribution >= 4 is 11.8 Å². The standard InChI is InChI=1S/C7H14N2O6/c1-9-7(15)5(13)3(11)2(10)4(12)6(8)14/h2-5,10-13H,1H3,(H2,8,14)(H,9,15)/t2-,3+,4+,5-/m1/s1. The molecule has 0 rings (SSSR count). The Kier molecular flexibility index (Phi) is 5.15. The van der Waals surface area contributed by atoms with Crippen LogP contribution in [0.3, 0.4) is 0 Å². The molecular formula is C7H14N2O6. The van der Waals surface area contributed by atoms with Crippen molar-refractivity contribution in [3.05, 3.63) is 0 Å². The van der Waals surface area contributed by atoms with Gasteiger partial charge in [-0.05, 0) is 0 Å². The second-order valence-corrected chi connectivity index (χ2v) is 2.89. The van der Waals surface area contributed by atoms with Gasteiger partial charge in [-0.2, -0.15) is 0 Å². The van der Waals surface area contributed by atoms with Crippen molar-refractivity contribution in [1.29, 1.82) is 0 Å². The summed E-state index contributed by atoms with van der Waals surface area (Å²) < 4.78 is 0. The highest BCUT2D eigenvalue weighted by molar-refractivity contribution is 5.82. The van der Waals surface area contributed by atoms with E-state index in [9.17, 15) is 14.7 Å². The van der Waals surface area contributed by atoms with Crippen molar-refractivity contribution in [2.75, 3.05) is 7.05 Å². The Morgan fingerprint density at radius 3 is 1.80 bits per heavy atom. The van der Waals surface area contributed by atoms with Gasteiger partial charge in [0.2, 0.25) is 5.91 Å². The first kappa shape index (κ1) is 13.8. The maximum Gasteiger partial charge on any atom is 0.251 e. The molecule has 0 radical (unpaired) electrons. The van der Waals surface area contributed by atoms with E-state index in [1.807, 2.05) is 5.32 Å². The molecular weight excluding hydrogens is 208 g/mol. The Morgan fingerprint density at radius 1 is 1.07 bits per heavy atom. The second-order valence-electron chi connectivity index (χ2n) is 2.89. The molecule has 0 aromatic rings. The third-order valence-corrected chi connectivity index (χ3v) is 1.80. The number of primary amides is 1. The van der Waals surface area contributed by atoms with Crippen LogP contribution in [0.5, 0.6) is 0 Å². The molecule has 0 heterocycles. The van der Waals surface area contributed by atoms with Gasteiger partial charge in [0, 0.05) is 7.05 Å². The molecule has 0 bridgehead atoms. The molecule has 0 saturated heterocycles. The molecule has 7 N–H and O–H groups in total. The van der Waals surface area contributed by atoms with Gasteiger partial charge in [0.15, 0.2) is 12.2 Å². The van der Waals surface area contributed by atoms with E-state index in [0.717, 1.165) is 0 Å². The molecule has 0 aliphatic carbocycles. The summed E-state index contributed by atoms with van der Waals surface area (Å²) in [5, 5.41) is 38.4. The molecule has 0 aliphatic rings. The van der Waals surface area contributed by atoms with E-state index < -0.39 is 36.2 Å². The fraction of sp³-hybridized carbons (Fsp3) is 0.714. The van der Waals surface area contributed by atoms with Gasteiger partial charge < -0.3 is 31.5 Å². The second kappa shape index (κ2) is 5.61. The molecule has 0 aromatic heterocycles. The van der Waals surface area contributed by atoms with Crippen LogP contribution in [0.2, 0.25) is 0 Å². The molecule has 2 amide bonds. The lowest BCUT2D eigenvalue weighted by Gasteiger charge is -2.23. The minimum absolute atomic E-state index is 0.960. The van der Waals surface area contributed by atoms with Crippen LogP contribution in [-0.4, -0.2) is 63.7 Å². The molecule has 0 saturated carbocycles. The molecule has 4 atom stereocenters.